The van der Waals surface area contributed by atoms with Crippen molar-refractivity contribution in [3.8, 4) is 0 Å². The molecule has 0 saturated heterocycles. The molecule has 0 aliphatic rings. The average Bonchev–Trinajstić information content (AvgIpc) is 3.01. The van der Waals surface area contributed by atoms with Crippen molar-refractivity contribution in [3.05, 3.63) is 35.8 Å². The van der Waals surface area contributed by atoms with Gasteiger partial charge in [-0.25, -0.2) is 0 Å². The Balaban J connectivity index is 2.01. The molecule has 5 heteroatoms. The van der Waals surface area contributed by atoms with Gasteiger partial charge in [-0.3, -0.25) is 0 Å². The maximum atomic E-state index is 5.39. The predicted molar refractivity (Wildman–Crippen MR) is 73.9 cm³/mol. The lowest BCUT2D eigenvalue weighted by atomic mass is 10.1. The predicted octanol–water partition coefficient (Wildman–Crippen LogP) is 2.68. The second kappa shape index (κ2) is 6.52. The summed E-state index contributed by atoms with van der Waals surface area (Å²) >= 11 is 0. The summed E-state index contributed by atoms with van der Waals surface area (Å²) in [5, 5.41) is 11.4. The second-order valence-corrected chi connectivity index (χ2v) is 4.75. The van der Waals surface area contributed by atoms with Gasteiger partial charge in [-0.15, -0.1) is 10.2 Å². The van der Waals surface area contributed by atoms with E-state index in [-0.39, 0.29) is 0 Å². The van der Waals surface area contributed by atoms with Crippen LogP contribution in [0.3, 0.4) is 0 Å². The van der Waals surface area contributed by atoms with Gasteiger partial charge >= 0.3 is 0 Å². The summed E-state index contributed by atoms with van der Waals surface area (Å²) in [6, 6.07) is 2.57. The number of rotatable bonds is 7. The van der Waals surface area contributed by atoms with Crippen LogP contribution in [0.15, 0.2) is 22.9 Å². The van der Waals surface area contributed by atoms with Crippen LogP contribution in [0.1, 0.15) is 50.1 Å². The van der Waals surface area contributed by atoms with Gasteiger partial charge in [0, 0.05) is 25.4 Å². The van der Waals surface area contributed by atoms with E-state index in [0.717, 1.165) is 19.4 Å². The first kappa shape index (κ1) is 13.8. The van der Waals surface area contributed by atoms with Crippen LogP contribution < -0.4 is 5.32 Å². The van der Waals surface area contributed by atoms with Crippen LogP contribution in [0.4, 0.5) is 0 Å². The molecule has 0 bridgehead atoms. The lowest BCUT2D eigenvalue weighted by Crippen LogP contribution is -2.21. The fourth-order valence-electron chi connectivity index (χ4n) is 2.14. The molecule has 1 unspecified atom stereocenters. The second-order valence-electron chi connectivity index (χ2n) is 4.75. The maximum absolute atomic E-state index is 5.39. The molecule has 104 valence electrons. The monoisotopic (exact) mass is 262 g/mol. The van der Waals surface area contributed by atoms with E-state index in [1.807, 2.05) is 0 Å². The van der Waals surface area contributed by atoms with Crippen LogP contribution in [-0.4, -0.2) is 21.3 Å². The Morgan fingerprint density at radius 1 is 1.37 bits per heavy atom. The molecule has 0 amide bonds. The van der Waals surface area contributed by atoms with Crippen LogP contribution >= 0.6 is 0 Å². The van der Waals surface area contributed by atoms with Crippen LogP contribution in [-0.2, 0) is 6.54 Å². The highest BCUT2D eigenvalue weighted by molar-refractivity contribution is 5.15. The molecule has 0 aliphatic heterocycles. The smallest absolute Gasteiger partial charge is 0.236 e. The Labute approximate surface area is 114 Å². The van der Waals surface area contributed by atoms with Crippen molar-refractivity contribution in [2.75, 3.05) is 6.54 Å². The Bertz CT molecular complexity index is 503. The molecule has 2 heterocycles. The summed E-state index contributed by atoms with van der Waals surface area (Å²) in [6.07, 6.45) is 6.45. The number of nitrogens with zero attached hydrogens (tertiary/aromatic N) is 3. The largest absolute Gasteiger partial charge is 0.424 e. The summed E-state index contributed by atoms with van der Waals surface area (Å²) in [5.41, 5.74) is 1.31. The van der Waals surface area contributed by atoms with Crippen LogP contribution in [0.2, 0.25) is 0 Å². The zero-order valence-corrected chi connectivity index (χ0v) is 11.9. The molecule has 2 aromatic rings. The summed E-state index contributed by atoms with van der Waals surface area (Å²) < 4.78 is 7.47. The molecule has 5 nitrogen and oxygen atoms in total. The Morgan fingerprint density at radius 2 is 2.21 bits per heavy atom. The van der Waals surface area contributed by atoms with Gasteiger partial charge in [-0.1, -0.05) is 13.8 Å². The van der Waals surface area contributed by atoms with Gasteiger partial charge in [0.1, 0.15) is 6.54 Å². The van der Waals surface area contributed by atoms with E-state index in [9.17, 15) is 0 Å². The van der Waals surface area contributed by atoms with Crippen molar-refractivity contribution in [1.82, 2.24) is 20.1 Å². The number of hydrogen-bond acceptors (Lipinski definition) is 4. The fourth-order valence-corrected chi connectivity index (χ4v) is 2.14. The first-order chi connectivity index (χ1) is 9.22. The van der Waals surface area contributed by atoms with E-state index in [1.165, 1.54) is 5.56 Å². The van der Waals surface area contributed by atoms with E-state index < -0.39 is 0 Å². The van der Waals surface area contributed by atoms with E-state index in [1.54, 1.807) is 6.92 Å². The van der Waals surface area contributed by atoms with Crippen LogP contribution in [0.25, 0.3) is 0 Å². The Kier molecular flexibility index (Phi) is 4.74. The first-order valence-corrected chi connectivity index (χ1v) is 6.91. The molecule has 0 radical (unpaired) electrons. The number of aryl methyl sites for hydroxylation is 1. The molecule has 0 saturated carbocycles. The highest BCUT2D eigenvalue weighted by Crippen LogP contribution is 2.17. The third-order valence-electron chi connectivity index (χ3n) is 3.11. The molecule has 1 atom stereocenters. The highest BCUT2D eigenvalue weighted by Gasteiger charge is 2.10. The molecule has 2 aromatic heterocycles. The van der Waals surface area contributed by atoms with E-state index >= 15 is 0 Å². The first-order valence-electron chi connectivity index (χ1n) is 6.91. The number of aromatic nitrogens is 3. The minimum absolute atomic E-state index is 0.422. The summed E-state index contributed by atoms with van der Waals surface area (Å²) in [7, 11) is 0. The van der Waals surface area contributed by atoms with Crippen molar-refractivity contribution in [2.45, 2.75) is 46.2 Å². The third-order valence-corrected chi connectivity index (χ3v) is 3.11. The lowest BCUT2D eigenvalue weighted by Gasteiger charge is -2.14. The molecular weight excluding hydrogens is 240 g/mol. The minimum Gasteiger partial charge on any atom is -0.424 e. The SMILES string of the molecule is CCCNC(CC)c1ccn(Cc2nnc(C)o2)c1. The Morgan fingerprint density at radius 3 is 2.84 bits per heavy atom. The van der Waals surface area contributed by atoms with Crippen molar-refractivity contribution < 1.29 is 4.42 Å². The molecular formula is C14H22N4O. The van der Waals surface area contributed by atoms with Gasteiger partial charge in [0.05, 0.1) is 0 Å². The standard InChI is InChI=1S/C14H22N4O/c1-4-7-15-13(5-2)12-6-8-18(9-12)10-14-17-16-11(3)19-14/h6,8-9,13,15H,4-5,7,10H2,1-3H3. The molecule has 2 rings (SSSR count). The fraction of sp³-hybridized carbons (Fsp3) is 0.571. The van der Waals surface area contributed by atoms with Gasteiger partial charge in [-0.05, 0) is 31.0 Å². The lowest BCUT2D eigenvalue weighted by molar-refractivity contribution is 0.454. The third kappa shape index (κ3) is 3.67. The van der Waals surface area contributed by atoms with Gasteiger partial charge in [0.2, 0.25) is 11.8 Å². The van der Waals surface area contributed by atoms with Crippen LogP contribution in [0.5, 0.6) is 0 Å². The van der Waals surface area contributed by atoms with E-state index in [2.05, 4.69) is 52.4 Å². The average molecular weight is 262 g/mol. The zero-order valence-electron chi connectivity index (χ0n) is 11.9. The van der Waals surface area contributed by atoms with E-state index in [4.69, 9.17) is 4.42 Å². The van der Waals surface area contributed by atoms with Crippen molar-refractivity contribution in [2.24, 2.45) is 0 Å². The van der Waals surface area contributed by atoms with Gasteiger partial charge in [-0.2, -0.15) is 0 Å². The van der Waals surface area contributed by atoms with Crippen molar-refractivity contribution in [3.63, 3.8) is 0 Å². The zero-order chi connectivity index (χ0) is 13.7. The summed E-state index contributed by atoms with van der Waals surface area (Å²) in [5.74, 6) is 1.26. The number of hydrogen-bond donors (Lipinski definition) is 1. The van der Waals surface area contributed by atoms with Gasteiger partial charge in [0.25, 0.3) is 0 Å². The van der Waals surface area contributed by atoms with Crippen molar-refractivity contribution >= 4 is 0 Å². The minimum atomic E-state index is 0.422. The van der Waals surface area contributed by atoms with Gasteiger partial charge in [0.15, 0.2) is 0 Å². The molecule has 1 N–H and O–H groups in total. The van der Waals surface area contributed by atoms with Gasteiger partial charge < -0.3 is 14.3 Å². The molecule has 0 fully saturated rings. The number of nitrogens with one attached hydrogen (secondary N) is 1. The normalized spacial score (nSPS) is 12.8. The summed E-state index contributed by atoms with van der Waals surface area (Å²) in [6.45, 7) is 7.87. The van der Waals surface area contributed by atoms with Crippen LogP contribution in [0, 0.1) is 6.92 Å². The highest BCUT2D eigenvalue weighted by atomic mass is 16.4. The molecule has 0 aromatic carbocycles. The summed E-state index contributed by atoms with van der Waals surface area (Å²) in [4.78, 5) is 0. The molecule has 0 aliphatic carbocycles. The maximum Gasteiger partial charge on any atom is 0.236 e. The van der Waals surface area contributed by atoms with Crippen molar-refractivity contribution in [1.29, 1.82) is 0 Å². The quantitative estimate of drug-likeness (QED) is 0.833. The van der Waals surface area contributed by atoms with E-state index in [0.29, 0.717) is 24.4 Å². The Hall–Kier alpha value is -1.62. The topological polar surface area (TPSA) is 55.9 Å². The molecule has 0 spiro atoms. The molecule has 19 heavy (non-hydrogen) atoms.